The molecule has 0 fully saturated rings. The summed E-state index contributed by atoms with van der Waals surface area (Å²) in [5, 5.41) is 3.23. The number of carbonyl (C=O) groups excluding carboxylic acids is 1. The minimum Gasteiger partial charge on any atom is -0.344 e. The second kappa shape index (κ2) is 9.43. The number of carbonyl (C=O) groups is 1. The van der Waals surface area contributed by atoms with Gasteiger partial charge in [-0.2, -0.15) is 0 Å². The molecule has 0 bridgehead atoms. The summed E-state index contributed by atoms with van der Waals surface area (Å²) in [7, 11) is 0. The van der Waals surface area contributed by atoms with Crippen LogP contribution in [-0.4, -0.2) is 15.9 Å². The van der Waals surface area contributed by atoms with Crippen LogP contribution in [0.2, 0.25) is 0 Å². The molecule has 2 N–H and O–H groups in total. The van der Waals surface area contributed by atoms with Crippen molar-refractivity contribution in [2.45, 2.75) is 32.7 Å². The Morgan fingerprint density at radius 1 is 0.935 bits per heavy atom. The number of aryl methyl sites for hydroxylation is 1. The van der Waals surface area contributed by atoms with Crippen LogP contribution in [0.25, 0.3) is 22.6 Å². The summed E-state index contributed by atoms with van der Waals surface area (Å²) in [6.07, 6.45) is 1.85. The summed E-state index contributed by atoms with van der Waals surface area (Å²) < 4.78 is 0. The van der Waals surface area contributed by atoms with Crippen LogP contribution in [0.3, 0.4) is 0 Å². The molecule has 0 saturated heterocycles. The average molecular weight is 410 g/mol. The maximum absolute atomic E-state index is 13.4. The second-order valence-electron chi connectivity index (χ2n) is 7.77. The fraction of sp³-hybridized carbons (Fsp3) is 0.185. The molecule has 0 aliphatic heterocycles. The van der Waals surface area contributed by atoms with E-state index in [1.807, 2.05) is 73.7 Å². The van der Waals surface area contributed by atoms with Crippen LogP contribution in [0.1, 0.15) is 47.4 Å². The lowest BCUT2D eigenvalue weighted by Crippen LogP contribution is -2.29. The van der Waals surface area contributed by atoms with Crippen LogP contribution in [0.5, 0.6) is 0 Å². The first kappa shape index (κ1) is 20.6. The molecule has 31 heavy (non-hydrogen) atoms. The smallest absolute Gasteiger partial charge is 0.270 e. The molecular weight excluding hydrogens is 382 g/mol. The maximum Gasteiger partial charge on any atom is 0.270 e. The van der Waals surface area contributed by atoms with E-state index in [9.17, 15) is 4.79 Å². The molecule has 1 aromatic heterocycles. The Morgan fingerprint density at radius 3 is 2.29 bits per heavy atom. The van der Waals surface area contributed by atoms with Gasteiger partial charge in [-0.3, -0.25) is 4.79 Å². The number of nitrogens with zero attached hydrogens (tertiary/aromatic N) is 1. The Kier molecular flexibility index (Phi) is 6.27. The maximum atomic E-state index is 13.4. The van der Waals surface area contributed by atoms with E-state index in [4.69, 9.17) is 4.98 Å². The number of H-pyrrole nitrogens is 1. The van der Waals surface area contributed by atoms with Crippen molar-refractivity contribution in [3.8, 4) is 22.6 Å². The first-order valence-corrected chi connectivity index (χ1v) is 10.7. The van der Waals surface area contributed by atoms with Crippen molar-refractivity contribution < 1.29 is 4.79 Å². The summed E-state index contributed by atoms with van der Waals surface area (Å²) in [6, 6.07) is 28.1. The summed E-state index contributed by atoms with van der Waals surface area (Å²) >= 11 is 0. The number of benzene rings is 3. The van der Waals surface area contributed by atoms with Crippen LogP contribution < -0.4 is 5.32 Å². The summed E-state index contributed by atoms with van der Waals surface area (Å²) in [5.74, 6) is 0.544. The number of imidazole rings is 1. The Hall–Kier alpha value is -3.66. The number of hydrogen-bond donors (Lipinski definition) is 2. The van der Waals surface area contributed by atoms with E-state index in [-0.39, 0.29) is 11.9 Å². The fourth-order valence-corrected chi connectivity index (χ4v) is 3.80. The predicted molar refractivity (Wildman–Crippen MR) is 126 cm³/mol. The largest absolute Gasteiger partial charge is 0.344 e. The van der Waals surface area contributed by atoms with Gasteiger partial charge >= 0.3 is 0 Å². The molecule has 4 aromatic rings. The Bertz CT molecular complexity index is 1150. The first-order valence-electron chi connectivity index (χ1n) is 10.7. The molecule has 1 atom stereocenters. The molecule has 0 radical (unpaired) electrons. The summed E-state index contributed by atoms with van der Waals surface area (Å²) in [6.45, 7) is 4.17. The van der Waals surface area contributed by atoms with Crippen LogP contribution >= 0.6 is 0 Å². The van der Waals surface area contributed by atoms with E-state index in [2.05, 4.69) is 35.4 Å². The van der Waals surface area contributed by atoms with Gasteiger partial charge in [-0.25, -0.2) is 4.98 Å². The molecule has 1 unspecified atom stereocenters. The third-order valence-corrected chi connectivity index (χ3v) is 5.35. The molecule has 3 aromatic carbocycles. The lowest BCUT2D eigenvalue weighted by atomic mass is 10.0. The molecule has 0 aliphatic rings. The van der Waals surface area contributed by atoms with Gasteiger partial charge in [0, 0.05) is 11.1 Å². The highest BCUT2D eigenvalue weighted by Gasteiger charge is 2.22. The van der Waals surface area contributed by atoms with E-state index in [1.165, 1.54) is 0 Å². The van der Waals surface area contributed by atoms with Crippen molar-refractivity contribution in [2.75, 3.05) is 0 Å². The van der Waals surface area contributed by atoms with Gasteiger partial charge in [0.25, 0.3) is 5.91 Å². The molecule has 4 heteroatoms. The highest BCUT2D eigenvalue weighted by Crippen LogP contribution is 2.28. The van der Waals surface area contributed by atoms with Crippen molar-refractivity contribution in [2.24, 2.45) is 0 Å². The number of nitrogens with one attached hydrogen (secondary N) is 2. The first-order chi connectivity index (χ1) is 15.2. The zero-order valence-electron chi connectivity index (χ0n) is 17.9. The minimum absolute atomic E-state index is 0.0486. The highest BCUT2D eigenvalue weighted by molar-refractivity contribution is 5.99. The second-order valence-corrected chi connectivity index (χ2v) is 7.77. The lowest BCUT2D eigenvalue weighted by molar-refractivity contribution is 0.0930. The van der Waals surface area contributed by atoms with Crippen molar-refractivity contribution in [1.82, 2.24) is 15.3 Å². The third-order valence-electron chi connectivity index (χ3n) is 5.35. The van der Waals surface area contributed by atoms with Gasteiger partial charge in [-0.05, 0) is 25.0 Å². The quantitative estimate of drug-likeness (QED) is 0.375. The zero-order valence-corrected chi connectivity index (χ0v) is 17.9. The molecule has 1 heterocycles. The Balaban J connectivity index is 1.73. The summed E-state index contributed by atoms with van der Waals surface area (Å²) in [4.78, 5) is 21.6. The number of aromatic amines is 1. The van der Waals surface area contributed by atoms with Crippen molar-refractivity contribution in [3.63, 3.8) is 0 Å². The van der Waals surface area contributed by atoms with Crippen molar-refractivity contribution in [1.29, 1.82) is 0 Å². The number of hydrogen-bond acceptors (Lipinski definition) is 2. The molecule has 4 rings (SSSR count). The molecule has 4 nitrogen and oxygen atoms in total. The minimum atomic E-state index is -0.145. The van der Waals surface area contributed by atoms with Gasteiger partial charge in [0.05, 0.1) is 6.04 Å². The van der Waals surface area contributed by atoms with Crippen LogP contribution in [-0.2, 0) is 0 Å². The van der Waals surface area contributed by atoms with Crippen molar-refractivity contribution in [3.05, 3.63) is 102 Å². The highest BCUT2D eigenvalue weighted by atomic mass is 16.2. The lowest BCUT2D eigenvalue weighted by Gasteiger charge is -2.18. The molecule has 0 saturated carbocycles. The number of rotatable bonds is 7. The Labute approximate surface area is 183 Å². The molecular formula is C27H27N3O. The van der Waals surface area contributed by atoms with Crippen LogP contribution in [0.4, 0.5) is 0 Å². The standard InChI is InChI=1S/C27H27N3O/c1-3-11-23(20-13-6-4-7-14-20)28-27(31)25-24(22-17-10-12-19(2)18-22)29-26(30-25)21-15-8-5-9-16-21/h4-10,12-18,23H,3,11H2,1-2H3,(H,28,31)(H,29,30). The van der Waals surface area contributed by atoms with Gasteiger partial charge in [0.2, 0.25) is 0 Å². The number of amides is 1. The van der Waals surface area contributed by atoms with Gasteiger partial charge in [-0.1, -0.05) is 97.8 Å². The topological polar surface area (TPSA) is 57.8 Å². The van der Waals surface area contributed by atoms with Crippen LogP contribution in [0.15, 0.2) is 84.9 Å². The van der Waals surface area contributed by atoms with Crippen LogP contribution in [0, 0.1) is 6.92 Å². The van der Waals surface area contributed by atoms with Gasteiger partial charge in [-0.15, -0.1) is 0 Å². The van der Waals surface area contributed by atoms with E-state index in [0.717, 1.165) is 35.1 Å². The normalized spacial score (nSPS) is 11.8. The van der Waals surface area contributed by atoms with E-state index in [1.54, 1.807) is 0 Å². The van der Waals surface area contributed by atoms with Crippen molar-refractivity contribution >= 4 is 5.91 Å². The number of aromatic nitrogens is 2. The molecule has 1 amide bonds. The van der Waals surface area contributed by atoms with Gasteiger partial charge < -0.3 is 10.3 Å². The Morgan fingerprint density at radius 2 is 1.61 bits per heavy atom. The summed E-state index contributed by atoms with van der Waals surface area (Å²) in [5.41, 5.74) is 5.27. The zero-order chi connectivity index (χ0) is 21.6. The predicted octanol–water partition coefficient (Wildman–Crippen LogP) is 6.32. The molecule has 0 spiro atoms. The van der Waals surface area contributed by atoms with E-state index in [0.29, 0.717) is 17.2 Å². The monoisotopic (exact) mass is 409 g/mol. The average Bonchev–Trinajstić information content (AvgIpc) is 3.26. The SMILES string of the molecule is CCCC(NC(=O)c1[nH]c(-c2ccccc2)nc1-c1cccc(C)c1)c1ccccc1. The van der Waals surface area contributed by atoms with Gasteiger partial charge in [0.1, 0.15) is 17.2 Å². The van der Waals surface area contributed by atoms with Gasteiger partial charge in [0.15, 0.2) is 0 Å². The molecule has 0 aliphatic carbocycles. The van der Waals surface area contributed by atoms with E-state index < -0.39 is 0 Å². The molecule has 156 valence electrons. The van der Waals surface area contributed by atoms with E-state index >= 15 is 0 Å². The fourth-order valence-electron chi connectivity index (χ4n) is 3.80. The third kappa shape index (κ3) is 4.75.